The van der Waals surface area contributed by atoms with E-state index in [4.69, 9.17) is 0 Å². The molecule has 1 saturated carbocycles. The highest BCUT2D eigenvalue weighted by molar-refractivity contribution is 7.88. The molecule has 1 spiro atoms. The van der Waals surface area contributed by atoms with E-state index in [0.29, 0.717) is 25.1 Å². The lowest BCUT2D eigenvalue weighted by Crippen LogP contribution is -2.47. The van der Waals surface area contributed by atoms with Crippen molar-refractivity contribution < 1.29 is 8.42 Å². The van der Waals surface area contributed by atoms with Crippen LogP contribution in [0.1, 0.15) is 24.8 Å². The fraction of sp³-hybridized carbons (Fsp3) is 0.444. The topological polar surface area (TPSA) is 75.2 Å². The number of rotatable bonds is 5. The molecule has 0 unspecified atom stereocenters. The van der Waals surface area contributed by atoms with Crippen LogP contribution in [0.15, 0.2) is 48.8 Å². The summed E-state index contributed by atoms with van der Waals surface area (Å²) in [6, 6.07) is 11.5. The van der Waals surface area contributed by atoms with Gasteiger partial charge in [-0.1, -0.05) is 30.3 Å². The molecule has 1 aliphatic carbocycles. The van der Waals surface area contributed by atoms with Gasteiger partial charge in [0.2, 0.25) is 16.0 Å². The van der Waals surface area contributed by atoms with E-state index in [1.807, 2.05) is 30.3 Å². The van der Waals surface area contributed by atoms with Gasteiger partial charge in [-0.15, -0.1) is 0 Å². The molecular weight excluding hydrogens is 336 g/mol. The summed E-state index contributed by atoms with van der Waals surface area (Å²) in [5.74, 6) is 0.734. The van der Waals surface area contributed by atoms with Crippen LogP contribution in [0.3, 0.4) is 0 Å². The maximum Gasteiger partial charge on any atom is 0.222 e. The molecule has 1 aromatic heterocycles. The summed E-state index contributed by atoms with van der Waals surface area (Å²) in [4.78, 5) is 8.38. The molecule has 0 amide bonds. The first kappa shape index (κ1) is 16.5. The van der Waals surface area contributed by atoms with Gasteiger partial charge in [-0.25, -0.2) is 22.7 Å². The largest absolute Gasteiger partial charge is 0.351 e. The Balaban J connectivity index is 1.34. The number of hydrogen-bond donors (Lipinski definition) is 1. The van der Waals surface area contributed by atoms with E-state index in [9.17, 15) is 8.42 Å². The van der Waals surface area contributed by atoms with Crippen LogP contribution in [0.4, 0.5) is 5.95 Å². The predicted molar refractivity (Wildman–Crippen MR) is 96.4 cm³/mol. The summed E-state index contributed by atoms with van der Waals surface area (Å²) >= 11 is 0. The van der Waals surface area contributed by atoms with E-state index in [2.05, 4.69) is 15.3 Å². The van der Waals surface area contributed by atoms with Crippen molar-refractivity contribution in [3.8, 4) is 0 Å². The van der Waals surface area contributed by atoms with Crippen LogP contribution < -0.4 is 5.32 Å². The van der Waals surface area contributed by atoms with E-state index in [-0.39, 0.29) is 11.2 Å². The van der Waals surface area contributed by atoms with Crippen molar-refractivity contribution >= 4 is 16.0 Å². The normalized spacial score (nSPS) is 26.5. The first-order valence-corrected chi connectivity index (χ1v) is 10.2. The van der Waals surface area contributed by atoms with Crippen LogP contribution in [0.5, 0.6) is 0 Å². The van der Waals surface area contributed by atoms with Crippen molar-refractivity contribution in [1.82, 2.24) is 14.3 Å². The van der Waals surface area contributed by atoms with Crippen LogP contribution in [0.2, 0.25) is 0 Å². The number of sulfonamides is 1. The van der Waals surface area contributed by atoms with Crippen LogP contribution >= 0.6 is 0 Å². The molecule has 0 bridgehead atoms. The highest BCUT2D eigenvalue weighted by Gasteiger charge is 2.50. The standard InChI is InChI=1S/C18H22N4O2S/c23-25(24,13-15-5-2-1-3-6-15)22-10-7-18(14-22)11-16(12-18)21-17-19-8-4-9-20-17/h1-6,8-9,16H,7,10-14H2,(H,19,20,21). The lowest BCUT2D eigenvalue weighted by atomic mass is 9.65. The number of nitrogens with one attached hydrogen (secondary N) is 1. The minimum Gasteiger partial charge on any atom is -0.351 e. The van der Waals surface area contributed by atoms with Gasteiger partial charge in [-0.3, -0.25) is 0 Å². The Kier molecular flexibility index (Phi) is 4.21. The monoisotopic (exact) mass is 358 g/mol. The molecule has 1 aromatic carbocycles. The molecule has 0 radical (unpaired) electrons. The third-order valence-electron chi connectivity index (χ3n) is 5.25. The first-order valence-electron chi connectivity index (χ1n) is 8.60. The fourth-order valence-corrected chi connectivity index (χ4v) is 5.62. The second-order valence-electron chi connectivity index (χ2n) is 7.15. The Labute approximate surface area is 148 Å². The highest BCUT2D eigenvalue weighted by atomic mass is 32.2. The molecule has 132 valence electrons. The number of nitrogens with zero attached hydrogens (tertiary/aromatic N) is 3. The Morgan fingerprint density at radius 1 is 1.12 bits per heavy atom. The molecular formula is C18H22N4O2S. The maximum absolute atomic E-state index is 12.7. The van der Waals surface area contributed by atoms with Crippen molar-refractivity contribution in [1.29, 1.82) is 0 Å². The molecule has 4 rings (SSSR count). The van der Waals surface area contributed by atoms with Crippen molar-refractivity contribution in [3.05, 3.63) is 54.4 Å². The van der Waals surface area contributed by atoms with Crippen molar-refractivity contribution in [2.75, 3.05) is 18.4 Å². The third kappa shape index (κ3) is 3.52. The van der Waals surface area contributed by atoms with Crippen LogP contribution in [0, 0.1) is 5.41 Å². The molecule has 2 fully saturated rings. The molecule has 1 aliphatic heterocycles. The lowest BCUT2D eigenvalue weighted by molar-refractivity contribution is 0.133. The lowest BCUT2D eigenvalue weighted by Gasteiger charge is -2.45. The summed E-state index contributed by atoms with van der Waals surface area (Å²) < 4.78 is 27.1. The Morgan fingerprint density at radius 2 is 1.84 bits per heavy atom. The molecule has 2 heterocycles. The molecule has 2 aliphatic rings. The second kappa shape index (κ2) is 6.38. The molecule has 25 heavy (non-hydrogen) atoms. The second-order valence-corrected chi connectivity index (χ2v) is 9.12. The Bertz CT molecular complexity index is 821. The number of benzene rings is 1. The van der Waals surface area contributed by atoms with Gasteiger partial charge < -0.3 is 5.32 Å². The third-order valence-corrected chi connectivity index (χ3v) is 7.04. The summed E-state index contributed by atoms with van der Waals surface area (Å²) in [7, 11) is -3.25. The van der Waals surface area contributed by atoms with Gasteiger partial charge in [-0.05, 0) is 36.3 Å². The zero-order valence-corrected chi connectivity index (χ0v) is 14.8. The maximum atomic E-state index is 12.7. The molecule has 1 saturated heterocycles. The van der Waals surface area contributed by atoms with E-state index in [1.165, 1.54) is 0 Å². The highest BCUT2D eigenvalue weighted by Crippen LogP contribution is 2.49. The van der Waals surface area contributed by atoms with Gasteiger partial charge in [0.1, 0.15) is 0 Å². The van der Waals surface area contributed by atoms with Crippen LogP contribution in [0.25, 0.3) is 0 Å². The SMILES string of the molecule is O=S(=O)(Cc1ccccc1)N1CCC2(CC(Nc3ncccn3)C2)C1. The summed E-state index contributed by atoms with van der Waals surface area (Å²) in [5.41, 5.74) is 0.966. The quantitative estimate of drug-likeness (QED) is 0.887. The zero-order chi connectivity index (χ0) is 17.3. The minimum absolute atomic E-state index is 0.0868. The van der Waals surface area contributed by atoms with Crippen molar-refractivity contribution in [2.45, 2.75) is 31.1 Å². The fourth-order valence-electron chi connectivity index (χ4n) is 3.98. The number of hydrogen-bond acceptors (Lipinski definition) is 5. The zero-order valence-electron chi connectivity index (χ0n) is 14.0. The average molecular weight is 358 g/mol. The van der Waals surface area contributed by atoms with Gasteiger partial charge in [0.05, 0.1) is 5.75 Å². The number of anilines is 1. The van der Waals surface area contributed by atoms with Gasteiger partial charge in [0, 0.05) is 31.5 Å². The summed E-state index contributed by atoms with van der Waals surface area (Å²) in [5, 5.41) is 3.33. The van der Waals surface area contributed by atoms with E-state index >= 15 is 0 Å². The smallest absolute Gasteiger partial charge is 0.222 e. The van der Waals surface area contributed by atoms with Crippen molar-refractivity contribution in [2.24, 2.45) is 5.41 Å². The predicted octanol–water partition coefficient (Wildman–Crippen LogP) is 2.27. The molecule has 1 N–H and O–H groups in total. The minimum atomic E-state index is -3.25. The molecule has 6 nitrogen and oxygen atoms in total. The van der Waals surface area contributed by atoms with Crippen LogP contribution in [-0.2, 0) is 15.8 Å². The Morgan fingerprint density at radius 3 is 2.56 bits per heavy atom. The molecule has 2 aromatic rings. The van der Waals surface area contributed by atoms with E-state index in [0.717, 1.165) is 24.8 Å². The van der Waals surface area contributed by atoms with E-state index in [1.54, 1.807) is 22.8 Å². The van der Waals surface area contributed by atoms with Gasteiger partial charge >= 0.3 is 0 Å². The summed E-state index contributed by atoms with van der Waals surface area (Å²) in [6.45, 7) is 1.26. The van der Waals surface area contributed by atoms with Gasteiger partial charge in [0.25, 0.3) is 0 Å². The van der Waals surface area contributed by atoms with Crippen molar-refractivity contribution in [3.63, 3.8) is 0 Å². The van der Waals surface area contributed by atoms with Gasteiger partial charge in [0.15, 0.2) is 0 Å². The van der Waals surface area contributed by atoms with Crippen LogP contribution in [-0.4, -0.2) is 41.8 Å². The van der Waals surface area contributed by atoms with E-state index < -0.39 is 10.0 Å². The average Bonchev–Trinajstić information content (AvgIpc) is 3.02. The number of aromatic nitrogens is 2. The first-order chi connectivity index (χ1) is 12.0. The molecule has 7 heteroatoms. The summed E-state index contributed by atoms with van der Waals surface area (Å²) in [6.07, 6.45) is 6.33. The Hall–Kier alpha value is -1.99. The van der Waals surface area contributed by atoms with Gasteiger partial charge in [-0.2, -0.15) is 0 Å². The molecule has 0 atom stereocenters.